The first-order chi connectivity index (χ1) is 5.77. The van der Waals surface area contributed by atoms with Gasteiger partial charge in [0, 0.05) is 17.8 Å². The smallest absolute Gasteiger partial charge is 0.160 e. The normalized spacial score (nSPS) is 10.4. The molecule has 0 aliphatic rings. The first-order valence-corrected chi connectivity index (χ1v) is 3.54. The van der Waals surface area contributed by atoms with Crippen molar-refractivity contribution in [2.75, 3.05) is 0 Å². The molecule has 4 nitrogen and oxygen atoms in total. The van der Waals surface area contributed by atoms with Crippen molar-refractivity contribution in [1.29, 1.82) is 0 Å². The van der Waals surface area contributed by atoms with E-state index in [1.165, 1.54) is 6.20 Å². The maximum Gasteiger partial charge on any atom is 0.160 e. The van der Waals surface area contributed by atoms with Crippen LogP contribution in [0.25, 0.3) is 10.9 Å². The first kappa shape index (κ1) is 6.97. The fraction of sp³-hybridized carbons (Fsp3) is 0.125. The van der Waals surface area contributed by atoms with Crippen LogP contribution in [0.1, 0.15) is 5.82 Å². The molecule has 0 amide bonds. The highest BCUT2D eigenvalue weighted by Crippen LogP contribution is 2.18. The average molecular weight is 161 g/mol. The molecule has 12 heavy (non-hydrogen) atoms. The molecule has 0 saturated heterocycles. The summed E-state index contributed by atoms with van der Waals surface area (Å²) in [4.78, 5) is 11.9. The lowest BCUT2D eigenvalue weighted by Gasteiger charge is -1.98. The summed E-state index contributed by atoms with van der Waals surface area (Å²) >= 11 is 0. The predicted octanol–water partition coefficient (Wildman–Crippen LogP) is 1.04. The number of aromatic hydroxyl groups is 1. The quantitative estimate of drug-likeness (QED) is 0.627. The predicted molar refractivity (Wildman–Crippen MR) is 43.7 cm³/mol. The Kier molecular flexibility index (Phi) is 1.40. The van der Waals surface area contributed by atoms with E-state index in [1.54, 1.807) is 19.3 Å². The lowest BCUT2D eigenvalue weighted by atomic mass is 10.3. The topological polar surface area (TPSA) is 58.9 Å². The number of pyridine rings is 1. The van der Waals surface area contributed by atoms with Crippen molar-refractivity contribution < 1.29 is 5.11 Å². The van der Waals surface area contributed by atoms with Gasteiger partial charge in [-0.25, -0.2) is 9.97 Å². The Hall–Kier alpha value is -1.71. The van der Waals surface area contributed by atoms with Crippen molar-refractivity contribution >= 4 is 10.9 Å². The Morgan fingerprint density at radius 2 is 2.08 bits per heavy atom. The zero-order valence-electron chi connectivity index (χ0n) is 6.52. The zero-order valence-corrected chi connectivity index (χ0v) is 6.52. The number of aryl methyl sites for hydroxylation is 1. The number of hydrogen-bond donors (Lipinski definition) is 1. The molecule has 0 saturated carbocycles. The van der Waals surface area contributed by atoms with Crippen LogP contribution in [0, 0.1) is 6.92 Å². The molecule has 0 fully saturated rings. The van der Waals surface area contributed by atoms with E-state index in [0.717, 1.165) is 5.39 Å². The second-order valence-electron chi connectivity index (χ2n) is 2.51. The average Bonchev–Trinajstić information content (AvgIpc) is 2.07. The van der Waals surface area contributed by atoms with Crippen LogP contribution in [-0.2, 0) is 0 Å². The molecule has 0 aromatic carbocycles. The standard InChI is InChI=1S/C8H7N3O/c1-5-10-3-6-2-9-4-7(12)8(6)11-5/h2-4,12H,1H3. The van der Waals surface area contributed by atoms with Crippen LogP contribution < -0.4 is 0 Å². The summed E-state index contributed by atoms with van der Waals surface area (Å²) < 4.78 is 0. The van der Waals surface area contributed by atoms with Gasteiger partial charge in [-0.05, 0) is 6.92 Å². The maximum absolute atomic E-state index is 9.34. The van der Waals surface area contributed by atoms with E-state index < -0.39 is 0 Å². The third-order valence-electron chi connectivity index (χ3n) is 1.59. The Balaban J connectivity index is 2.88. The number of nitrogens with zero attached hydrogens (tertiary/aromatic N) is 3. The monoisotopic (exact) mass is 161 g/mol. The van der Waals surface area contributed by atoms with Gasteiger partial charge in [0.25, 0.3) is 0 Å². The molecule has 2 heterocycles. The number of fused-ring (bicyclic) bond motifs is 1. The van der Waals surface area contributed by atoms with Gasteiger partial charge >= 0.3 is 0 Å². The Bertz CT molecular complexity index is 428. The van der Waals surface area contributed by atoms with E-state index in [1.807, 2.05) is 0 Å². The number of aromatic nitrogens is 3. The molecule has 0 atom stereocenters. The highest BCUT2D eigenvalue weighted by atomic mass is 16.3. The van der Waals surface area contributed by atoms with Gasteiger partial charge in [-0.1, -0.05) is 0 Å². The molecule has 2 aromatic heterocycles. The van der Waals surface area contributed by atoms with Gasteiger partial charge in [-0.15, -0.1) is 0 Å². The summed E-state index contributed by atoms with van der Waals surface area (Å²) in [5.74, 6) is 0.738. The Morgan fingerprint density at radius 1 is 1.25 bits per heavy atom. The lowest BCUT2D eigenvalue weighted by molar-refractivity contribution is 0.477. The largest absolute Gasteiger partial charge is 0.504 e. The summed E-state index contributed by atoms with van der Waals surface area (Å²) in [6, 6.07) is 0. The highest BCUT2D eigenvalue weighted by Gasteiger charge is 2.00. The summed E-state index contributed by atoms with van der Waals surface area (Å²) in [5, 5.41) is 10.1. The van der Waals surface area contributed by atoms with Crippen molar-refractivity contribution in [2.24, 2.45) is 0 Å². The highest BCUT2D eigenvalue weighted by molar-refractivity contribution is 5.81. The van der Waals surface area contributed by atoms with Crippen LogP contribution in [0.2, 0.25) is 0 Å². The van der Waals surface area contributed by atoms with Crippen LogP contribution in [0.4, 0.5) is 0 Å². The third-order valence-corrected chi connectivity index (χ3v) is 1.59. The van der Waals surface area contributed by atoms with Gasteiger partial charge in [0.15, 0.2) is 5.75 Å². The van der Waals surface area contributed by atoms with Gasteiger partial charge in [0.05, 0.1) is 6.20 Å². The first-order valence-electron chi connectivity index (χ1n) is 3.54. The van der Waals surface area contributed by atoms with Crippen LogP contribution >= 0.6 is 0 Å². The molecule has 2 aromatic rings. The van der Waals surface area contributed by atoms with Crippen LogP contribution in [0.3, 0.4) is 0 Å². The summed E-state index contributed by atoms with van der Waals surface area (Å²) in [5.41, 5.74) is 0.553. The van der Waals surface area contributed by atoms with Crippen molar-refractivity contribution in [2.45, 2.75) is 6.92 Å². The van der Waals surface area contributed by atoms with E-state index in [4.69, 9.17) is 0 Å². The summed E-state index contributed by atoms with van der Waals surface area (Å²) in [6.45, 7) is 1.78. The van der Waals surface area contributed by atoms with E-state index in [9.17, 15) is 5.11 Å². The molecular weight excluding hydrogens is 154 g/mol. The number of rotatable bonds is 0. The minimum absolute atomic E-state index is 0.0954. The van der Waals surface area contributed by atoms with Crippen LogP contribution in [0.5, 0.6) is 5.75 Å². The molecule has 0 spiro atoms. The molecule has 0 bridgehead atoms. The third kappa shape index (κ3) is 0.972. The molecule has 60 valence electrons. The second kappa shape index (κ2) is 2.41. The Labute approximate surface area is 68.9 Å². The summed E-state index contributed by atoms with van der Waals surface area (Å²) in [6.07, 6.45) is 4.63. The Morgan fingerprint density at radius 3 is 2.92 bits per heavy atom. The fourth-order valence-corrected chi connectivity index (χ4v) is 1.03. The van der Waals surface area contributed by atoms with Crippen molar-refractivity contribution in [3.05, 3.63) is 24.4 Å². The van der Waals surface area contributed by atoms with E-state index >= 15 is 0 Å². The molecule has 0 aliphatic heterocycles. The maximum atomic E-state index is 9.34. The molecule has 1 N–H and O–H groups in total. The van der Waals surface area contributed by atoms with E-state index in [0.29, 0.717) is 11.3 Å². The van der Waals surface area contributed by atoms with Gasteiger partial charge in [-0.2, -0.15) is 0 Å². The van der Waals surface area contributed by atoms with Crippen LogP contribution in [-0.4, -0.2) is 20.1 Å². The lowest BCUT2D eigenvalue weighted by Crippen LogP contribution is -1.88. The minimum Gasteiger partial charge on any atom is -0.504 e. The molecule has 2 rings (SSSR count). The van der Waals surface area contributed by atoms with Crippen molar-refractivity contribution in [3.63, 3.8) is 0 Å². The van der Waals surface area contributed by atoms with Gasteiger partial charge in [0.1, 0.15) is 11.3 Å². The number of hydrogen-bond acceptors (Lipinski definition) is 4. The molecular formula is C8H7N3O. The second-order valence-corrected chi connectivity index (χ2v) is 2.51. The molecule has 0 radical (unpaired) electrons. The molecule has 4 heteroatoms. The molecule has 0 unspecified atom stereocenters. The minimum atomic E-state index is 0.0954. The summed E-state index contributed by atoms with van der Waals surface area (Å²) in [7, 11) is 0. The fourth-order valence-electron chi connectivity index (χ4n) is 1.03. The van der Waals surface area contributed by atoms with Gasteiger partial charge < -0.3 is 5.11 Å². The van der Waals surface area contributed by atoms with Gasteiger partial charge in [0.2, 0.25) is 0 Å². The van der Waals surface area contributed by atoms with Crippen LogP contribution in [0.15, 0.2) is 18.6 Å². The van der Waals surface area contributed by atoms with E-state index in [-0.39, 0.29) is 5.75 Å². The van der Waals surface area contributed by atoms with Crippen molar-refractivity contribution in [3.8, 4) is 5.75 Å². The van der Waals surface area contributed by atoms with Gasteiger partial charge in [-0.3, -0.25) is 4.98 Å². The zero-order chi connectivity index (χ0) is 8.55. The van der Waals surface area contributed by atoms with E-state index in [2.05, 4.69) is 15.0 Å². The molecule has 0 aliphatic carbocycles. The van der Waals surface area contributed by atoms with Crippen molar-refractivity contribution in [1.82, 2.24) is 15.0 Å². The SMILES string of the molecule is Cc1ncc2cncc(O)c2n1.